The molecule has 0 aromatic carbocycles. The molecule has 16 heavy (non-hydrogen) atoms. The Kier molecular flexibility index (Phi) is 3.54. The highest BCUT2D eigenvalue weighted by Gasteiger charge is 2.17. The summed E-state index contributed by atoms with van der Waals surface area (Å²) in [5.74, 6) is 0.676. The molecule has 3 nitrogen and oxygen atoms in total. The lowest BCUT2D eigenvalue weighted by Gasteiger charge is -2.16. The molecule has 0 saturated heterocycles. The van der Waals surface area contributed by atoms with E-state index in [1.54, 1.807) is 24.6 Å². The van der Waals surface area contributed by atoms with Gasteiger partial charge < -0.3 is 10.1 Å². The van der Waals surface area contributed by atoms with Crippen molar-refractivity contribution in [3.05, 3.63) is 46.3 Å². The van der Waals surface area contributed by atoms with E-state index >= 15 is 0 Å². The normalized spacial score (nSPS) is 12.4. The second-order valence-electron chi connectivity index (χ2n) is 3.34. The molecule has 2 aromatic rings. The fraction of sp³-hybridized carbons (Fsp3) is 0.250. The Hall–Kier alpha value is -1.39. The standard InChI is InChI=1S/C12H14N2OS/c1-13-11(10-6-4-8-16-10)9-5-3-7-14-12(9)15-2/h3-8,11,13H,1-2H3. The zero-order valence-electron chi connectivity index (χ0n) is 9.31. The molecule has 0 spiro atoms. The number of nitrogens with zero attached hydrogens (tertiary/aromatic N) is 1. The van der Waals surface area contributed by atoms with Crippen molar-refractivity contribution in [1.29, 1.82) is 0 Å². The van der Waals surface area contributed by atoms with Gasteiger partial charge in [-0.05, 0) is 24.6 Å². The van der Waals surface area contributed by atoms with Gasteiger partial charge in [-0.3, -0.25) is 0 Å². The van der Waals surface area contributed by atoms with E-state index in [9.17, 15) is 0 Å². The molecule has 84 valence electrons. The maximum atomic E-state index is 5.28. The van der Waals surface area contributed by atoms with Crippen molar-refractivity contribution in [3.63, 3.8) is 0 Å². The van der Waals surface area contributed by atoms with Crippen molar-refractivity contribution in [2.75, 3.05) is 14.2 Å². The van der Waals surface area contributed by atoms with Crippen LogP contribution in [0.1, 0.15) is 16.5 Å². The van der Waals surface area contributed by atoms with Crippen LogP contribution in [0.2, 0.25) is 0 Å². The van der Waals surface area contributed by atoms with Crippen LogP contribution in [0.15, 0.2) is 35.8 Å². The molecule has 2 aromatic heterocycles. The number of rotatable bonds is 4. The summed E-state index contributed by atoms with van der Waals surface area (Å²) in [5, 5.41) is 5.36. The minimum atomic E-state index is 0.142. The van der Waals surface area contributed by atoms with E-state index in [4.69, 9.17) is 4.74 Å². The molecule has 0 fully saturated rings. The summed E-state index contributed by atoms with van der Waals surface area (Å²) >= 11 is 1.72. The molecule has 0 bridgehead atoms. The topological polar surface area (TPSA) is 34.2 Å². The quantitative estimate of drug-likeness (QED) is 0.882. The van der Waals surface area contributed by atoms with Gasteiger partial charge >= 0.3 is 0 Å². The van der Waals surface area contributed by atoms with Crippen molar-refractivity contribution in [2.45, 2.75) is 6.04 Å². The molecule has 0 aliphatic carbocycles. The Bertz CT molecular complexity index is 442. The average molecular weight is 234 g/mol. The third-order valence-corrected chi connectivity index (χ3v) is 3.36. The van der Waals surface area contributed by atoms with Gasteiger partial charge in [0.15, 0.2) is 0 Å². The molecule has 1 N–H and O–H groups in total. The van der Waals surface area contributed by atoms with Crippen LogP contribution in [-0.2, 0) is 0 Å². The average Bonchev–Trinajstić information content (AvgIpc) is 2.84. The molecule has 2 heterocycles. The first-order valence-corrected chi connectivity index (χ1v) is 5.94. The van der Waals surface area contributed by atoms with Gasteiger partial charge in [-0.1, -0.05) is 12.1 Å². The molecular weight excluding hydrogens is 220 g/mol. The van der Waals surface area contributed by atoms with Crippen LogP contribution in [0.25, 0.3) is 0 Å². The van der Waals surface area contributed by atoms with Crippen LogP contribution >= 0.6 is 11.3 Å². The Morgan fingerprint density at radius 1 is 1.38 bits per heavy atom. The van der Waals surface area contributed by atoms with Gasteiger partial charge in [0.05, 0.1) is 13.2 Å². The molecule has 0 aliphatic heterocycles. The third kappa shape index (κ3) is 2.08. The fourth-order valence-corrected chi connectivity index (χ4v) is 2.55. The predicted molar refractivity (Wildman–Crippen MR) is 66.0 cm³/mol. The number of ether oxygens (including phenoxy) is 1. The largest absolute Gasteiger partial charge is 0.481 e. The van der Waals surface area contributed by atoms with Gasteiger partial charge in [0.2, 0.25) is 5.88 Å². The Morgan fingerprint density at radius 3 is 2.88 bits per heavy atom. The predicted octanol–water partition coefficient (Wildman–Crippen LogP) is 2.46. The van der Waals surface area contributed by atoms with Crippen molar-refractivity contribution in [3.8, 4) is 5.88 Å². The lowest BCUT2D eigenvalue weighted by Crippen LogP contribution is -2.17. The second-order valence-corrected chi connectivity index (χ2v) is 4.32. The van der Waals surface area contributed by atoms with Crippen molar-refractivity contribution < 1.29 is 4.74 Å². The Labute approximate surface area is 99.1 Å². The molecule has 1 unspecified atom stereocenters. The monoisotopic (exact) mass is 234 g/mol. The van der Waals surface area contributed by atoms with Crippen LogP contribution in [0.4, 0.5) is 0 Å². The van der Waals surface area contributed by atoms with E-state index in [1.807, 2.05) is 25.2 Å². The summed E-state index contributed by atoms with van der Waals surface area (Å²) in [6, 6.07) is 8.26. The summed E-state index contributed by atoms with van der Waals surface area (Å²) in [4.78, 5) is 5.48. The molecule has 0 amide bonds. The molecule has 2 rings (SSSR count). The smallest absolute Gasteiger partial charge is 0.218 e. The number of aromatic nitrogens is 1. The first kappa shape index (κ1) is 11.1. The minimum absolute atomic E-state index is 0.142. The third-order valence-electron chi connectivity index (χ3n) is 2.42. The first-order valence-electron chi connectivity index (χ1n) is 5.06. The van der Waals surface area contributed by atoms with Gasteiger partial charge in [-0.15, -0.1) is 11.3 Å². The van der Waals surface area contributed by atoms with Crippen molar-refractivity contribution in [2.24, 2.45) is 0 Å². The first-order chi connectivity index (χ1) is 7.86. The number of hydrogen-bond donors (Lipinski definition) is 1. The summed E-state index contributed by atoms with van der Waals surface area (Å²) < 4.78 is 5.28. The van der Waals surface area contributed by atoms with Gasteiger partial charge in [-0.25, -0.2) is 4.98 Å². The van der Waals surface area contributed by atoms with Crippen LogP contribution in [0, 0.1) is 0 Å². The van der Waals surface area contributed by atoms with E-state index in [0.29, 0.717) is 5.88 Å². The zero-order chi connectivity index (χ0) is 11.4. The second kappa shape index (κ2) is 5.09. The van der Waals surface area contributed by atoms with Crippen LogP contribution in [-0.4, -0.2) is 19.1 Å². The van der Waals surface area contributed by atoms with Crippen molar-refractivity contribution >= 4 is 11.3 Å². The number of thiophene rings is 1. The molecule has 0 saturated carbocycles. The highest BCUT2D eigenvalue weighted by atomic mass is 32.1. The summed E-state index contributed by atoms with van der Waals surface area (Å²) in [6.45, 7) is 0. The highest BCUT2D eigenvalue weighted by molar-refractivity contribution is 7.10. The highest BCUT2D eigenvalue weighted by Crippen LogP contribution is 2.30. The molecule has 0 radical (unpaired) electrons. The maximum Gasteiger partial charge on any atom is 0.218 e. The molecular formula is C12H14N2OS. The van der Waals surface area contributed by atoms with Gasteiger partial charge in [0.1, 0.15) is 0 Å². The number of methoxy groups -OCH3 is 1. The SMILES string of the molecule is CNC(c1cccs1)c1cccnc1OC. The van der Waals surface area contributed by atoms with E-state index in [0.717, 1.165) is 5.56 Å². The maximum absolute atomic E-state index is 5.28. The van der Waals surface area contributed by atoms with Gasteiger partial charge in [0.25, 0.3) is 0 Å². The lowest BCUT2D eigenvalue weighted by molar-refractivity contribution is 0.388. The lowest BCUT2D eigenvalue weighted by atomic mass is 10.1. The van der Waals surface area contributed by atoms with Gasteiger partial charge in [0, 0.05) is 16.6 Å². The molecule has 1 atom stereocenters. The Balaban J connectivity index is 2.41. The summed E-state index contributed by atoms with van der Waals surface area (Å²) in [6.07, 6.45) is 1.74. The number of pyridine rings is 1. The molecule has 4 heteroatoms. The molecule has 0 aliphatic rings. The van der Waals surface area contributed by atoms with E-state index in [-0.39, 0.29) is 6.04 Å². The van der Waals surface area contributed by atoms with Crippen LogP contribution in [0.3, 0.4) is 0 Å². The zero-order valence-corrected chi connectivity index (χ0v) is 10.1. The van der Waals surface area contributed by atoms with E-state index in [2.05, 4.69) is 21.7 Å². The fourth-order valence-electron chi connectivity index (χ4n) is 1.70. The number of nitrogens with one attached hydrogen (secondary N) is 1. The van der Waals surface area contributed by atoms with Gasteiger partial charge in [-0.2, -0.15) is 0 Å². The van der Waals surface area contributed by atoms with Crippen LogP contribution in [0.5, 0.6) is 5.88 Å². The summed E-state index contributed by atoms with van der Waals surface area (Å²) in [7, 11) is 3.59. The van der Waals surface area contributed by atoms with E-state index in [1.165, 1.54) is 4.88 Å². The minimum Gasteiger partial charge on any atom is -0.481 e. The van der Waals surface area contributed by atoms with Crippen LogP contribution < -0.4 is 10.1 Å². The van der Waals surface area contributed by atoms with Crippen molar-refractivity contribution in [1.82, 2.24) is 10.3 Å². The van der Waals surface area contributed by atoms with E-state index < -0.39 is 0 Å². The summed E-state index contributed by atoms with van der Waals surface area (Å²) in [5.41, 5.74) is 1.06. The number of hydrogen-bond acceptors (Lipinski definition) is 4. The Morgan fingerprint density at radius 2 is 2.25 bits per heavy atom.